The molecule has 2 rings (SSSR count). The normalized spacial score (nSPS) is 14.9. The molecule has 1 fully saturated rings. The molecule has 17 heavy (non-hydrogen) atoms. The standard InChI is InChI=1S/C13H15Cl2NO/c14-12-2-1-3-13(15)11(12)8-10(17)6-7-16-9-4-5-9/h1-3,9,16H,4-8H2. The molecule has 0 bridgehead atoms. The summed E-state index contributed by atoms with van der Waals surface area (Å²) in [7, 11) is 0. The van der Waals surface area contributed by atoms with Crippen LogP contribution in [0.5, 0.6) is 0 Å². The molecular formula is C13H15Cl2NO. The number of carbonyl (C=O) groups excluding carboxylic acids is 1. The van der Waals surface area contributed by atoms with Gasteiger partial charge in [-0.1, -0.05) is 29.3 Å². The van der Waals surface area contributed by atoms with Gasteiger partial charge in [0.15, 0.2) is 0 Å². The smallest absolute Gasteiger partial charge is 0.138 e. The molecule has 0 unspecified atom stereocenters. The zero-order valence-electron chi connectivity index (χ0n) is 9.51. The molecular weight excluding hydrogens is 257 g/mol. The predicted octanol–water partition coefficient (Wildman–Crippen LogP) is 3.25. The Morgan fingerprint density at radius 1 is 1.29 bits per heavy atom. The first-order valence-electron chi connectivity index (χ1n) is 5.85. The van der Waals surface area contributed by atoms with Crippen molar-refractivity contribution in [2.45, 2.75) is 31.7 Å². The van der Waals surface area contributed by atoms with E-state index in [0.29, 0.717) is 28.9 Å². The van der Waals surface area contributed by atoms with Crippen LogP contribution in [0.2, 0.25) is 10.0 Å². The van der Waals surface area contributed by atoms with Gasteiger partial charge in [-0.05, 0) is 30.5 Å². The van der Waals surface area contributed by atoms with Gasteiger partial charge in [-0.3, -0.25) is 4.79 Å². The average molecular weight is 272 g/mol. The first-order valence-corrected chi connectivity index (χ1v) is 6.60. The van der Waals surface area contributed by atoms with Crippen molar-refractivity contribution in [2.24, 2.45) is 0 Å². The minimum atomic E-state index is 0.174. The summed E-state index contributed by atoms with van der Waals surface area (Å²) in [4.78, 5) is 11.8. The number of hydrogen-bond donors (Lipinski definition) is 1. The molecule has 2 nitrogen and oxygen atoms in total. The van der Waals surface area contributed by atoms with Gasteiger partial charge >= 0.3 is 0 Å². The van der Waals surface area contributed by atoms with Gasteiger partial charge in [0.25, 0.3) is 0 Å². The average Bonchev–Trinajstić information content (AvgIpc) is 3.08. The van der Waals surface area contributed by atoms with Crippen LogP contribution < -0.4 is 5.32 Å². The summed E-state index contributed by atoms with van der Waals surface area (Å²) >= 11 is 12.0. The van der Waals surface area contributed by atoms with Gasteiger partial charge in [0.2, 0.25) is 0 Å². The fraction of sp³-hybridized carbons (Fsp3) is 0.462. The van der Waals surface area contributed by atoms with Crippen molar-refractivity contribution in [1.29, 1.82) is 0 Å². The van der Waals surface area contributed by atoms with E-state index < -0.39 is 0 Å². The predicted molar refractivity (Wildman–Crippen MR) is 70.8 cm³/mol. The molecule has 0 radical (unpaired) electrons. The largest absolute Gasteiger partial charge is 0.314 e. The number of halogens is 2. The topological polar surface area (TPSA) is 29.1 Å². The summed E-state index contributed by atoms with van der Waals surface area (Å²) in [5.41, 5.74) is 0.743. The van der Waals surface area contributed by atoms with Crippen LogP contribution in [0, 0.1) is 0 Å². The van der Waals surface area contributed by atoms with Crippen molar-refractivity contribution < 1.29 is 4.79 Å². The second-order valence-electron chi connectivity index (χ2n) is 4.39. The highest BCUT2D eigenvalue weighted by Gasteiger charge is 2.20. The third-order valence-corrected chi connectivity index (χ3v) is 3.56. The van der Waals surface area contributed by atoms with E-state index in [-0.39, 0.29) is 5.78 Å². The van der Waals surface area contributed by atoms with Crippen LogP contribution in [0.1, 0.15) is 24.8 Å². The highest BCUT2D eigenvalue weighted by molar-refractivity contribution is 6.36. The molecule has 0 atom stereocenters. The van der Waals surface area contributed by atoms with Gasteiger partial charge in [-0.15, -0.1) is 0 Å². The van der Waals surface area contributed by atoms with Gasteiger partial charge < -0.3 is 5.32 Å². The van der Waals surface area contributed by atoms with E-state index in [1.165, 1.54) is 12.8 Å². The van der Waals surface area contributed by atoms with Gasteiger partial charge in [0.1, 0.15) is 5.78 Å². The van der Waals surface area contributed by atoms with E-state index in [4.69, 9.17) is 23.2 Å². The molecule has 0 aromatic heterocycles. The summed E-state index contributed by atoms with van der Waals surface area (Å²) < 4.78 is 0. The zero-order valence-corrected chi connectivity index (χ0v) is 11.0. The highest BCUT2D eigenvalue weighted by Crippen LogP contribution is 2.25. The lowest BCUT2D eigenvalue weighted by atomic mass is 10.1. The Bertz CT molecular complexity index is 396. The Labute approximate surface area is 111 Å². The highest BCUT2D eigenvalue weighted by atomic mass is 35.5. The molecule has 92 valence electrons. The summed E-state index contributed by atoms with van der Waals surface area (Å²) in [6, 6.07) is 5.95. The Morgan fingerprint density at radius 3 is 2.53 bits per heavy atom. The van der Waals surface area contributed by atoms with Gasteiger partial charge in [-0.25, -0.2) is 0 Å². The SMILES string of the molecule is O=C(CCNC1CC1)Cc1c(Cl)cccc1Cl. The number of ketones is 1. The fourth-order valence-electron chi connectivity index (χ4n) is 1.69. The summed E-state index contributed by atoms with van der Waals surface area (Å²) in [6.45, 7) is 0.756. The Balaban J connectivity index is 1.84. The van der Waals surface area contributed by atoms with Crippen molar-refractivity contribution in [3.63, 3.8) is 0 Å². The maximum Gasteiger partial charge on any atom is 0.138 e. The van der Waals surface area contributed by atoms with E-state index in [9.17, 15) is 4.79 Å². The molecule has 0 saturated heterocycles. The lowest BCUT2D eigenvalue weighted by molar-refractivity contribution is -0.118. The van der Waals surface area contributed by atoms with E-state index in [0.717, 1.165) is 12.1 Å². The van der Waals surface area contributed by atoms with Crippen LogP contribution in [-0.4, -0.2) is 18.4 Å². The third-order valence-electron chi connectivity index (χ3n) is 2.85. The number of benzene rings is 1. The molecule has 0 amide bonds. The number of hydrogen-bond acceptors (Lipinski definition) is 2. The molecule has 1 aliphatic carbocycles. The molecule has 1 aromatic rings. The Hall–Kier alpha value is -0.570. The maximum absolute atomic E-state index is 11.8. The molecule has 0 heterocycles. The number of rotatable bonds is 6. The second kappa shape index (κ2) is 5.85. The number of carbonyl (C=O) groups is 1. The van der Waals surface area contributed by atoms with Crippen molar-refractivity contribution in [3.05, 3.63) is 33.8 Å². The minimum absolute atomic E-state index is 0.174. The lowest BCUT2D eigenvalue weighted by Gasteiger charge is -2.06. The van der Waals surface area contributed by atoms with Crippen LogP contribution in [0.25, 0.3) is 0 Å². The van der Waals surface area contributed by atoms with E-state index in [1.807, 2.05) is 0 Å². The monoisotopic (exact) mass is 271 g/mol. The summed E-state index contributed by atoms with van der Waals surface area (Å²) in [5, 5.41) is 4.46. The van der Waals surface area contributed by atoms with Crippen LogP contribution >= 0.6 is 23.2 Å². The van der Waals surface area contributed by atoms with Crippen LogP contribution in [-0.2, 0) is 11.2 Å². The summed E-state index contributed by atoms with van der Waals surface area (Å²) in [6.07, 6.45) is 3.35. The first-order chi connectivity index (χ1) is 8.16. The Morgan fingerprint density at radius 2 is 1.94 bits per heavy atom. The fourth-order valence-corrected chi connectivity index (χ4v) is 2.22. The minimum Gasteiger partial charge on any atom is -0.314 e. The van der Waals surface area contributed by atoms with Crippen molar-refractivity contribution >= 4 is 29.0 Å². The van der Waals surface area contributed by atoms with Gasteiger partial charge in [-0.2, -0.15) is 0 Å². The quantitative estimate of drug-likeness (QED) is 0.861. The Kier molecular flexibility index (Phi) is 4.43. The van der Waals surface area contributed by atoms with Crippen molar-refractivity contribution in [3.8, 4) is 0 Å². The first kappa shape index (κ1) is 12.9. The maximum atomic E-state index is 11.8. The van der Waals surface area contributed by atoms with Crippen molar-refractivity contribution in [2.75, 3.05) is 6.54 Å². The van der Waals surface area contributed by atoms with E-state index in [1.54, 1.807) is 18.2 Å². The second-order valence-corrected chi connectivity index (χ2v) is 5.21. The lowest BCUT2D eigenvalue weighted by Crippen LogP contribution is -2.21. The third kappa shape index (κ3) is 3.98. The van der Waals surface area contributed by atoms with Crippen LogP contribution in [0.3, 0.4) is 0 Å². The molecule has 1 aliphatic rings. The van der Waals surface area contributed by atoms with Gasteiger partial charge in [0.05, 0.1) is 0 Å². The molecule has 0 spiro atoms. The zero-order chi connectivity index (χ0) is 12.3. The molecule has 1 aromatic carbocycles. The number of nitrogens with one attached hydrogen (secondary N) is 1. The van der Waals surface area contributed by atoms with E-state index in [2.05, 4.69) is 5.32 Å². The molecule has 1 saturated carbocycles. The number of Topliss-reactive ketones (excluding diaryl/α,β-unsaturated/α-hetero) is 1. The molecule has 0 aliphatic heterocycles. The van der Waals surface area contributed by atoms with Crippen molar-refractivity contribution in [1.82, 2.24) is 5.32 Å². The van der Waals surface area contributed by atoms with Crippen LogP contribution in [0.4, 0.5) is 0 Å². The van der Waals surface area contributed by atoms with Crippen LogP contribution in [0.15, 0.2) is 18.2 Å². The van der Waals surface area contributed by atoms with E-state index >= 15 is 0 Å². The molecule has 1 N–H and O–H groups in total. The molecule has 4 heteroatoms. The summed E-state index contributed by atoms with van der Waals surface area (Å²) in [5.74, 6) is 0.174. The van der Waals surface area contributed by atoms with Gasteiger partial charge in [0, 0.05) is 35.5 Å².